The van der Waals surface area contributed by atoms with E-state index >= 15 is 0 Å². The number of pyridine rings is 1. The molecule has 0 spiro atoms. The molecule has 2 heterocycles. The maximum absolute atomic E-state index is 4.39. The summed E-state index contributed by atoms with van der Waals surface area (Å²) in [6.07, 6.45) is 3.89. The van der Waals surface area contributed by atoms with E-state index in [4.69, 9.17) is 0 Å². The van der Waals surface area contributed by atoms with Crippen molar-refractivity contribution >= 4 is 32.2 Å². The molecule has 21 heavy (non-hydrogen) atoms. The largest absolute Gasteiger partial charge is 0.263 e. The first-order valence-electron chi connectivity index (χ1n) is 7.23. The highest BCUT2D eigenvalue weighted by Gasteiger charge is 2.08. The number of hydrogen-bond acceptors (Lipinski definition) is 2. The van der Waals surface area contributed by atoms with Gasteiger partial charge in [-0.05, 0) is 22.2 Å². The van der Waals surface area contributed by atoms with Crippen LogP contribution in [-0.2, 0) is 0 Å². The molecule has 2 aromatic heterocycles. The molecular weight excluding hydrogens is 274 g/mol. The first-order chi connectivity index (χ1) is 10.4. The van der Waals surface area contributed by atoms with Crippen molar-refractivity contribution in [2.45, 2.75) is 13.8 Å². The van der Waals surface area contributed by atoms with Gasteiger partial charge >= 0.3 is 0 Å². The lowest BCUT2D eigenvalue weighted by Crippen LogP contribution is -1.83. The fourth-order valence-corrected chi connectivity index (χ4v) is 3.46. The zero-order valence-electron chi connectivity index (χ0n) is 12.2. The quantitative estimate of drug-likeness (QED) is 0.410. The minimum absolute atomic E-state index is 1.19. The van der Waals surface area contributed by atoms with Crippen LogP contribution in [0.5, 0.6) is 0 Å². The first-order valence-corrected chi connectivity index (χ1v) is 8.11. The Hall–Kier alpha value is -2.19. The van der Waals surface area contributed by atoms with Crippen molar-refractivity contribution in [2.24, 2.45) is 0 Å². The van der Waals surface area contributed by atoms with Gasteiger partial charge in [-0.25, -0.2) is 0 Å². The van der Waals surface area contributed by atoms with Crippen LogP contribution in [0.2, 0.25) is 0 Å². The average Bonchev–Trinajstić information content (AvgIpc) is 3.05. The van der Waals surface area contributed by atoms with Gasteiger partial charge in [-0.1, -0.05) is 56.3 Å². The number of rotatable bonds is 1. The molecule has 0 unspecified atom stereocenters. The van der Waals surface area contributed by atoms with Gasteiger partial charge in [0.15, 0.2) is 0 Å². The number of nitrogens with zero attached hydrogens (tertiary/aromatic N) is 1. The van der Waals surface area contributed by atoms with E-state index in [1.54, 1.807) is 11.3 Å². The van der Waals surface area contributed by atoms with E-state index in [0.29, 0.717) is 0 Å². The topological polar surface area (TPSA) is 12.9 Å². The molecular formula is C19H17NS. The van der Waals surface area contributed by atoms with E-state index in [0.717, 1.165) is 0 Å². The summed E-state index contributed by atoms with van der Waals surface area (Å²) in [6.45, 7) is 4.00. The van der Waals surface area contributed by atoms with Gasteiger partial charge in [0, 0.05) is 33.6 Å². The lowest BCUT2D eigenvalue weighted by atomic mass is 10.0. The molecule has 0 fully saturated rings. The smallest absolute Gasteiger partial charge is 0.0421 e. The van der Waals surface area contributed by atoms with Crippen LogP contribution in [-0.4, -0.2) is 4.98 Å². The zero-order chi connectivity index (χ0) is 14.7. The predicted molar refractivity (Wildman–Crippen MR) is 93.9 cm³/mol. The summed E-state index contributed by atoms with van der Waals surface area (Å²) in [4.78, 5) is 4.39. The van der Waals surface area contributed by atoms with Crippen LogP contribution in [0.4, 0.5) is 0 Å². The molecule has 0 radical (unpaired) electrons. The van der Waals surface area contributed by atoms with Gasteiger partial charge in [-0.3, -0.25) is 4.98 Å². The van der Waals surface area contributed by atoms with Gasteiger partial charge in [0.2, 0.25) is 0 Å². The Morgan fingerprint density at radius 3 is 2.48 bits per heavy atom. The fourth-order valence-electron chi connectivity index (χ4n) is 2.54. The Kier molecular flexibility index (Phi) is 3.98. The van der Waals surface area contributed by atoms with E-state index in [1.165, 1.54) is 32.0 Å². The molecule has 0 amide bonds. The minimum atomic E-state index is 1.19. The molecule has 104 valence electrons. The van der Waals surface area contributed by atoms with Crippen molar-refractivity contribution in [3.8, 4) is 11.1 Å². The summed E-state index contributed by atoms with van der Waals surface area (Å²) in [5, 5.41) is 5.90. The van der Waals surface area contributed by atoms with Crippen molar-refractivity contribution in [3.05, 3.63) is 66.3 Å². The molecule has 0 saturated carbocycles. The third kappa shape index (κ3) is 2.43. The third-order valence-corrected chi connectivity index (χ3v) is 4.40. The van der Waals surface area contributed by atoms with Gasteiger partial charge in [0.05, 0.1) is 0 Å². The summed E-state index contributed by atoms with van der Waals surface area (Å²) in [6, 6.07) is 17.0. The monoisotopic (exact) mass is 291 g/mol. The summed E-state index contributed by atoms with van der Waals surface area (Å²) in [5.41, 5.74) is 2.49. The molecule has 0 N–H and O–H groups in total. The normalized spacial score (nSPS) is 10.4. The number of thiophene rings is 1. The molecule has 0 bridgehead atoms. The fraction of sp³-hybridized carbons (Fsp3) is 0.105. The van der Waals surface area contributed by atoms with Crippen molar-refractivity contribution in [2.75, 3.05) is 0 Å². The van der Waals surface area contributed by atoms with Crippen molar-refractivity contribution in [3.63, 3.8) is 0 Å². The van der Waals surface area contributed by atoms with E-state index in [9.17, 15) is 0 Å². The number of benzene rings is 2. The van der Waals surface area contributed by atoms with Crippen LogP contribution in [0.15, 0.2) is 66.3 Å². The Bertz CT molecular complexity index is 871. The van der Waals surface area contributed by atoms with Gasteiger partial charge in [0.1, 0.15) is 0 Å². The minimum Gasteiger partial charge on any atom is -0.263 e. The Labute approximate surface area is 128 Å². The highest BCUT2D eigenvalue weighted by molar-refractivity contribution is 7.17. The van der Waals surface area contributed by atoms with Crippen LogP contribution >= 0.6 is 11.3 Å². The summed E-state index contributed by atoms with van der Waals surface area (Å²) in [5.74, 6) is 0. The molecule has 2 aromatic carbocycles. The predicted octanol–water partition coefficient (Wildman–Crippen LogP) is 6.14. The molecule has 4 aromatic rings. The van der Waals surface area contributed by atoms with Gasteiger partial charge in [-0.15, -0.1) is 11.3 Å². The lowest BCUT2D eigenvalue weighted by Gasteiger charge is -2.07. The first kappa shape index (κ1) is 13.8. The molecule has 2 heteroatoms. The SMILES string of the molecule is CC.c1ccc2c(-c3cccc4ccsc34)cncc2c1. The standard InChI is InChI=1S/C17H11NS.C2H6/c1-2-6-14-13(4-1)10-18-11-16(14)15-7-3-5-12-8-9-19-17(12)15;1-2/h1-11H;1-2H3. The van der Waals surface area contributed by atoms with Crippen molar-refractivity contribution in [1.29, 1.82) is 0 Å². The van der Waals surface area contributed by atoms with E-state index in [-0.39, 0.29) is 0 Å². The average molecular weight is 291 g/mol. The van der Waals surface area contributed by atoms with Crippen LogP contribution in [0.25, 0.3) is 32.0 Å². The van der Waals surface area contributed by atoms with Gasteiger partial charge in [-0.2, -0.15) is 0 Å². The van der Waals surface area contributed by atoms with Crippen LogP contribution in [0, 0.1) is 0 Å². The second kappa shape index (κ2) is 6.06. The highest BCUT2D eigenvalue weighted by Crippen LogP contribution is 2.35. The Morgan fingerprint density at radius 1 is 0.762 bits per heavy atom. The molecule has 0 aliphatic rings. The lowest BCUT2D eigenvalue weighted by molar-refractivity contribution is 1.36. The third-order valence-electron chi connectivity index (χ3n) is 3.44. The Balaban J connectivity index is 0.000000636. The second-order valence-electron chi connectivity index (χ2n) is 4.55. The van der Waals surface area contributed by atoms with E-state index in [2.05, 4.69) is 58.9 Å². The van der Waals surface area contributed by atoms with Crippen LogP contribution in [0.1, 0.15) is 13.8 Å². The maximum Gasteiger partial charge on any atom is 0.0421 e. The number of hydrogen-bond donors (Lipinski definition) is 0. The summed E-state index contributed by atoms with van der Waals surface area (Å²) >= 11 is 1.79. The Morgan fingerprint density at radius 2 is 1.57 bits per heavy atom. The van der Waals surface area contributed by atoms with E-state index < -0.39 is 0 Å². The van der Waals surface area contributed by atoms with Crippen LogP contribution in [0.3, 0.4) is 0 Å². The molecule has 0 aliphatic carbocycles. The summed E-state index contributed by atoms with van der Waals surface area (Å²) < 4.78 is 1.33. The van der Waals surface area contributed by atoms with Gasteiger partial charge in [0.25, 0.3) is 0 Å². The molecule has 0 atom stereocenters. The molecule has 0 saturated heterocycles. The second-order valence-corrected chi connectivity index (χ2v) is 5.47. The van der Waals surface area contributed by atoms with E-state index in [1.807, 2.05) is 26.2 Å². The van der Waals surface area contributed by atoms with Crippen molar-refractivity contribution < 1.29 is 0 Å². The molecule has 1 nitrogen and oxygen atoms in total. The maximum atomic E-state index is 4.39. The van der Waals surface area contributed by atoms with Crippen molar-refractivity contribution in [1.82, 2.24) is 4.98 Å². The van der Waals surface area contributed by atoms with Crippen LogP contribution < -0.4 is 0 Å². The highest BCUT2D eigenvalue weighted by atomic mass is 32.1. The van der Waals surface area contributed by atoms with Gasteiger partial charge < -0.3 is 0 Å². The molecule has 4 rings (SSSR count). The summed E-state index contributed by atoms with van der Waals surface area (Å²) in [7, 11) is 0. The molecule has 0 aliphatic heterocycles. The zero-order valence-corrected chi connectivity index (χ0v) is 13.0. The number of aromatic nitrogens is 1. The number of fused-ring (bicyclic) bond motifs is 2.